The summed E-state index contributed by atoms with van der Waals surface area (Å²) in [5.41, 5.74) is 3.70. The highest BCUT2D eigenvalue weighted by atomic mass is 16.5. The fourth-order valence-corrected chi connectivity index (χ4v) is 4.54. The third kappa shape index (κ3) is 6.12. The van der Waals surface area contributed by atoms with Gasteiger partial charge in [0.2, 0.25) is 5.95 Å². The van der Waals surface area contributed by atoms with E-state index in [0.717, 1.165) is 69.9 Å². The summed E-state index contributed by atoms with van der Waals surface area (Å²) >= 11 is 0. The molecule has 176 valence electrons. The van der Waals surface area contributed by atoms with E-state index in [1.54, 1.807) is 0 Å². The van der Waals surface area contributed by atoms with Crippen LogP contribution in [0.15, 0.2) is 42.7 Å². The summed E-state index contributed by atoms with van der Waals surface area (Å²) < 4.78 is 11.3. The van der Waals surface area contributed by atoms with Crippen molar-refractivity contribution in [3.05, 3.63) is 53.9 Å². The van der Waals surface area contributed by atoms with E-state index in [0.29, 0.717) is 12.5 Å². The highest BCUT2D eigenvalue weighted by molar-refractivity contribution is 5.75. The molecular weight excluding hydrogens is 414 g/mol. The van der Waals surface area contributed by atoms with Gasteiger partial charge in [0.1, 0.15) is 5.75 Å². The van der Waals surface area contributed by atoms with E-state index < -0.39 is 0 Å². The molecule has 1 fully saturated rings. The molecule has 0 amide bonds. The number of carbonyl (C=O) groups is 1. The Bertz CT molecular complexity index is 932. The third-order valence-corrected chi connectivity index (χ3v) is 6.74. The molecule has 0 bridgehead atoms. The minimum absolute atomic E-state index is 0.00462. The number of allylic oxidation sites excluding steroid dienone is 2. The molecule has 1 aromatic heterocycles. The number of piperidine rings is 1. The van der Waals surface area contributed by atoms with E-state index in [2.05, 4.69) is 52.1 Å². The van der Waals surface area contributed by atoms with Crippen molar-refractivity contribution < 1.29 is 14.3 Å². The number of benzene rings is 1. The normalized spacial score (nSPS) is 19.2. The first-order valence-electron chi connectivity index (χ1n) is 12.3. The molecule has 6 nitrogen and oxygen atoms in total. The lowest BCUT2D eigenvalue weighted by atomic mass is 9.86. The molecule has 1 unspecified atom stereocenters. The number of carbonyl (C=O) groups excluding carboxylic acids is 1. The smallest absolute Gasteiger partial charge is 0.309 e. The van der Waals surface area contributed by atoms with Crippen LogP contribution in [0.25, 0.3) is 5.57 Å². The second-order valence-electron chi connectivity index (χ2n) is 8.96. The number of ether oxygens (including phenoxy) is 2. The molecule has 2 aromatic rings. The molecular formula is C27H35N3O3. The molecule has 1 saturated heterocycles. The van der Waals surface area contributed by atoms with Crippen molar-refractivity contribution in [2.45, 2.75) is 52.4 Å². The Balaban J connectivity index is 1.22. The number of hydrogen-bond acceptors (Lipinski definition) is 6. The molecule has 1 aromatic carbocycles. The lowest BCUT2D eigenvalue weighted by Gasteiger charge is -2.31. The molecule has 1 atom stereocenters. The molecule has 33 heavy (non-hydrogen) atoms. The van der Waals surface area contributed by atoms with Crippen LogP contribution in [0.1, 0.15) is 57.1 Å². The van der Waals surface area contributed by atoms with E-state index in [4.69, 9.17) is 9.47 Å². The van der Waals surface area contributed by atoms with Gasteiger partial charge in [-0.05, 0) is 80.2 Å². The first-order valence-corrected chi connectivity index (χ1v) is 12.3. The zero-order valence-corrected chi connectivity index (χ0v) is 19.8. The Labute approximate surface area is 197 Å². The zero-order valence-electron chi connectivity index (χ0n) is 19.8. The van der Waals surface area contributed by atoms with E-state index >= 15 is 0 Å². The van der Waals surface area contributed by atoms with Gasteiger partial charge in [0, 0.05) is 25.5 Å². The average Bonchev–Trinajstić information content (AvgIpc) is 2.88. The number of aryl methyl sites for hydroxylation is 1. The van der Waals surface area contributed by atoms with E-state index in [9.17, 15) is 4.79 Å². The number of esters is 1. The van der Waals surface area contributed by atoms with Crippen LogP contribution in [0.3, 0.4) is 0 Å². The summed E-state index contributed by atoms with van der Waals surface area (Å²) in [6.07, 6.45) is 11.7. The third-order valence-electron chi connectivity index (χ3n) is 6.74. The quantitative estimate of drug-likeness (QED) is 0.524. The van der Waals surface area contributed by atoms with Crippen molar-refractivity contribution >= 4 is 17.5 Å². The molecule has 0 N–H and O–H groups in total. The van der Waals surface area contributed by atoms with Gasteiger partial charge in [-0.2, -0.15) is 0 Å². The average molecular weight is 450 g/mol. The van der Waals surface area contributed by atoms with Crippen LogP contribution in [0.4, 0.5) is 5.95 Å². The zero-order chi connectivity index (χ0) is 23.0. The molecule has 1 aliphatic carbocycles. The first kappa shape index (κ1) is 23.3. The summed E-state index contributed by atoms with van der Waals surface area (Å²) in [5, 5.41) is 0. The Hall–Kier alpha value is -2.89. The molecule has 0 radical (unpaired) electrons. The molecule has 2 aliphatic rings. The number of nitrogens with zero attached hydrogens (tertiary/aromatic N) is 3. The number of anilines is 1. The van der Waals surface area contributed by atoms with Crippen molar-refractivity contribution in [1.82, 2.24) is 9.97 Å². The monoisotopic (exact) mass is 449 g/mol. The summed E-state index contributed by atoms with van der Waals surface area (Å²) in [6.45, 7) is 7.11. The van der Waals surface area contributed by atoms with Crippen LogP contribution >= 0.6 is 0 Å². The first-order chi connectivity index (χ1) is 16.2. The SMILES string of the molecule is CCOC(=O)C1CC=C(c2ccc(OCC3CCN(c4ncc(CC)cn4)CC3)cc2)CC1. The van der Waals surface area contributed by atoms with Crippen LogP contribution in [0.2, 0.25) is 0 Å². The largest absolute Gasteiger partial charge is 0.493 e. The standard InChI is InChI=1S/C27H35N3O3/c1-3-20-17-28-27(29-18-20)30-15-13-21(14-16-30)19-33-25-11-9-23(10-12-25)22-5-7-24(8-6-22)26(31)32-4-2/h5,9-12,17-18,21,24H,3-4,6-8,13-16,19H2,1-2H3. The van der Waals surface area contributed by atoms with Crippen LogP contribution in [0.5, 0.6) is 5.75 Å². The number of aromatic nitrogens is 2. The summed E-state index contributed by atoms with van der Waals surface area (Å²) in [4.78, 5) is 23.2. The van der Waals surface area contributed by atoms with Crippen molar-refractivity contribution in [2.75, 3.05) is 31.2 Å². The second-order valence-corrected chi connectivity index (χ2v) is 8.96. The topological polar surface area (TPSA) is 64.6 Å². The minimum Gasteiger partial charge on any atom is -0.493 e. The van der Waals surface area contributed by atoms with Crippen LogP contribution in [0, 0.1) is 11.8 Å². The van der Waals surface area contributed by atoms with E-state index in [1.165, 1.54) is 16.7 Å². The summed E-state index contributed by atoms with van der Waals surface area (Å²) in [6, 6.07) is 8.38. The van der Waals surface area contributed by atoms with Crippen LogP contribution in [-0.2, 0) is 16.0 Å². The van der Waals surface area contributed by atoms with Gasteiger partial charge in [0.05, 0.1) is 19.1 Å². The van der Waals surface area contributed by atoms with Gasteiger partial charge in [-0.25, -0.2) is 9.97 Å². The number of rotatable bonds is 8. The molecule has 0 spiro atoms. The maximum absolute atomic E-state index is 11.9. The summed E-state index contributed by atoms with van der Waals surface area (Å²) in [7, 11) is 0. The van der Waals surface area contributed by atoms with Crippen molar-refractivity contribution in [3.63, 3.8) is 0 Å². The van der Waals surface area contributed by atoms with Crippen molar-refractivity contribution in [1.29, 1.82) is 0 Å². The Morgan fingerprint density at radius 2 is 1.79 bits per heavy atom. The fourth-order valence-electron chi connectivity index (χ4n) is 4.54. The maximum atomic E-state index is 11.9. The van der Waals surface area contributed by atoms with Gasteiger partial charge in [-0.1, -0.05) is 25.1 Å². The maximum Gasteiger partial charge on any atom is 0.309 e. The highest BCUT2D eigenvalue weighted by Gasteiger charge is 2.23. The van der Waals surface area contributed by atoms with Gasteiger partial charge in [0.15, 0.2) is 0 Å². The van der Waals surface area contributed by atoms with Gasteiger partial charge >= 0.3 is 5.97 Å². The molecule has 6 heteroatoms. The molecule has 2 heterocycles. The minimum atomic E-state index is -0.0655. The van der Waals surface area contributed by atoms with Crippen LogP contribution in [-0.4, -0.2) is 42.2 Å². The molecule has 1 aliphatic heterocycles. The van der Waals surface area contributed by atoms with Gasteiger partial charge in [0.25, 0.3) is 0 Å². The predicted molar refractivity (Wildman–Crippen MR) is 130 cm³/mol. The predicted octanol–water partition coefficient (Wildman–Crippen LogP) is 5.08. The van der Waals surface area contributed by atoms with E-state index in [-0.39, 0.29) is 11.9 Å². The Morgan fingerprint density at radius 3 is 2.39 bits per heavy atom. The molecule has 0 saturated carbocycles. The molecule has 4 rings (SSSR count). The fraction of sp³-hybridized carbons (Fsp3) is 0.519. The lowest BCUT2D eigenvalue weighted by molar-refractivity contribution is -0.148. The second kappa shape index (κ2) is 11.3. The lowest BCUT2D eigenvalue weighted by Crippen LogP contribution is -2.36. The van der Waals surface area contributed by atoms with E-state index in [1.807, 2.05) is 19.3 Å². The van der Waals surface area contributed by atoms with Gasteiger partial charge in [-0.15, -0.1) is 0 Å². The Kier molecular flexibility index (Phi) is 7.97. The van der Waals surface area contributed by atoms with Gasteiger partial charge in [-0.3, -0.25) is 4.79 Å². The van der Waals surface area contributed by atoms with Gasteiger partial charge < -0.3 is 14.4 Å². The summed E-state index contributed by atoms with van der Waals surface area (Å²) in [5.74, 6) is 2.25. The number of hydrogen-bond donors (Lipinski definition) is 0. The van der Waals surface area contributed by atoms with Crippen LogP contribution < -0.4 is 9.64 Å². The Morgan fingerprint density at radius 1 is 1.06 bits per heavy atom. The highest BCUT2D eigenvalue weighted by Crippen LogP contribution is 2.32. The van der Waals surface area contributed by atoms with Crippen molar-refractivity contribution in [3.8, 4) is 5.75 Å². The van der Waals surface area contributed by atoms with Crippen molar-refractivity contribution in [2.24, 2.45) is 11.8 Å².